The lowest BCUT2D eigenvalue weighted by Gasteiger charge is -2.25. The van der Waals surface area contributed by atoms with Gasteiger partial charge in [0.1, 0.15) is 0 Å². The SMILES string of the molecule is OCC1(NCC2CCCCO2)CC1. The number of rotatable bonds is 4. The Morgan fingerprint density at radius 1 is 1.38 bits per heavy atom. The third-order valence-corrected chi connectivity index (χ3v) is 3.13. The fourth-order valence-electron chi connectivity index (χ4n) is 1.84. The van der Waals surface area contributed by atoms with E-state index in [4.69, 9.17) is 9.84 Å². The summed E-state index contributed by atoms with van der Waals surface area (Å²) in [5.41, 5.74) is 0.0702. The van der Waals surface area contributed by atoms with Crippen LogP contribution in [0.5, 0.6) is 0 Å². The molecule has 2 rings (SSSR count). The Labute approximate surface area is 79.5 Å². The standard InChI is InChI=1S/C10H19NO2/c12-8-10(4-5-10)11-7-9-3-1-2-6-13-9/h9,11-12H,1-8H2. The van der Waals surface area contributed by atoms with E-state index in [1.807, 2.05) is 0 Å². The van der Waals surface area contributed by atoms with Gasteiger partial charge in [0.15, 0.2) is 0 Å². The van der Waals surface area contributed by atoms with E-state index in [2.05, 4.69) is 5.32 Å². The molecule has 0 spiro atoms. The molecule has 1 saturated heterocycles. The Balaban J connectivity index is 1.66. The number of nitrogens with one attached hydrogen (secondary N) is 1. The topological polar surface area (TPSA) is 41.5 Å². The molecule has 1 saturated carbocycles. The molecule has 1 heterocycles. The van der Waals surface area contributed by atoms with Gasteiger partial charge in [-0.15, -0.1) is 0 Å². The number of aliphatic hydroxyl groups excluding tert-OH is 1. The van der Waals surface area contributed by atoms with Crippen molar-refractivity contribution in [2.24, 2.45) is 0 Å². The van der Waals surface area contributed by atoms with Gasteiger partial charge < -0.3 is 15.2 Å². The van der Waals surface area contributed by atoms with Crippen molar-refractivity contribution in [3.63, 3.8) is 0 Å². The Kier molecular flexibility index (Phi) is 2.86. The van der Waals surface area contributed by atoms with Gasteiger partial charge in [-0.05, 0) is 32.1 Å². The molecule has 1 unspecified atom stereocenters. The highest BCUT2D eigenvalue weighted by Gasteiger charge is 2.41. The summed E-state index contributed by atoms with van der Waals surface area (Å²) in [6, 6.07) is 0. The predicted octanol–water partition coefficient (Wildman–Crippen LogP) is 0.670. The van der Waals surface area contributed by atoms with Crippen LogP contribution in [0.25, 0.3) is 0 Å². The summed E-state index contributed by atoms with van der Waals surface area (Å²) in [4.78, 5) is 0. The minimum atomic E-state index is 0.0702. The molecule has 0 amide bonds. The zero-order valence-electron chi connectivity index (χ0n) is 8.09. The van der Waals surface area contributed by atoms with E-state index in [1.165, 1.54) is 19.3 Å². The zero-order valence-corrected chi connectivity index (χ0v) is 8.09. The first-order valence-corrected chi connectivity index (χ1v) is 5.32. The van der Waals surface area contributed by atoms with Gasteiger partial charge in [-0.3, -0.25) is 0 Å². The average Bonchev–Trinajstić information content (AvgIpc) is 2.97. The minimum absolute atomic E-state index is 0.0702. The normalized spacial score (nSPS) is 31.6. The maximum absolute atomic E-state index is 9.08. The molecule has 0 aromatic heterocycles. The Bertz CT molecular complexity index is 162. The van der Waals surface area contributed by atoms with Gasteiger partial charge in [-0.2, -0.15) is 0 Å². The molecular formula is C10H19NO2. The fourth-order valence-corrected chi connectivity index (χ4v) is 1.84. The number of hydrogen-bond donors (Lipinski definition) is 2. The van der Waals surface area contributed by atoms with Crippen LogP contribution in [-0.2, 0) is 4.74 Å². The van der Waals surface area contributed by atoms with Gasteiger partial charge in [0.2, 0.25) is 0 Å². The van der Waals surface area contributed by atoms with Crippen LogP contribution in [0.15, 0.2) is 0 Å². The van der Waals surface area contributed by atoms with Crippen LogP contribution in [0.4, 0.5) is 0 Å². The molecule has 76 valence electrons. The molecule has 0 aromatic rings. The highest BCUT2D eigenvalue weighted by Crippen LogP contribution is 2.34. The maximum Gasteiger partial charge on any atom is 0.0699 e. The van der Waals surface area contributed by atoms with Gasteiger partial charge in [0, 0.05) is 18.7 Å². The first kappa shape index (κ1) is 9.44. The number of ether oxygens (including phenoxy) is 1. The maximum atomic E-state index is 9.08. The predicted molar refractivity (Wildman–Crippen MR) is 50.6 cm³/mol. The second-order valence-electron chi connectivity index (χ2n) is 4.31. The average molecular weight is 185 g/mol. The molecule has 1 aliphatic heterocycles. The van der Waals surface area contributed by atoms with Crippen molar-refractivity contribution < 1.29 is 9.84 Å². The van der Waals surface area contributed by atoms with Crippen molar-refractivity contribution in [2.45, 2.75) is 43.7 Å². The molecule has 3 heteroatoms. The van der Waals surface area contributed by atoms with E-state index in [1.54, 1.807) is 0 Å². The lowest BCUT2D eigenvalue weighted by atomic mass is 10.1. The van der Waals surface area contributed by atoms with Gasteiger partial charge in [-0.1, -0.05) is 0 Å². The summed E-state index contributed by atoms with van der Waals surface area (Å²) in [5.74, 6) is 0. The quantitative estimate of drug-likeness (QED) is 0.676. The van der Waals surface area contributed by atoms with E-state index in [0.29, 0.717) is 6.10 Å². The Morgan fingerprint density at radius 2 is 2.23 bits per heavy atom. The first-order chi connectivity index (χ1) is 6.35. The summed E-state index contributed by atoms with van der Waals surface area (Å²) < 4.78 is 5.60. The molecule has 1 atom stereocenters. The van der Waals surface area contributed by atoms with Crippen LogP contribution in [-0.4, -0.2) is 36.5 Å². The fraction of sp³-hybridized carbons (Fsp3) is 1.00. The van der Waals surface area contributed by atoms with Crippen molar-refractivity contribution in [1.29, 1.82) is 0 Å². The zero-order chi connectivity index (χ0) is 9.15. The number of hydrogen-bond acceptors (Lipinski definition) is 3. The van der Waals surface area contributed by atoms with Crippen LogP contribution in [0.2, 0.25) is 0 Å². The second-order valence-corrected chi connectivity index (χ2v) is 4.31. The molecule has 0 radical (unpaired) electrons. The van der Waals surface area contributed by atoms with E-state index >= 15 is 0 Å². The van der Waals surface area contributed by atoms with Crippen molar-refractivity contribution in [3.8, 4) is 0 Å². The van der Waals surface area contributed by atoms with Crippen LogP contribution >= 0.6 is 0 Å². The number of aliphatic hydroxyl groups is 1. The summed E-state index contributed by atoms with van der Waals surface area (Å²) in [6.45, 7) is 2.11. The summed E-state index contributed by atoms with van der Waals surface area (Å²) in [6.07, 6.45) is 6.30. The minimum Gasteiger partial charge on any atom is -0.394 e. The van der Waals surface area contributed by atoms with Crippen LogP contribution in [0, 0.1) is 0 Å². The van der Waals surface area contributed by atoms with E-state index in [-0.39, 0.29) is 12.1 Å². The van der Waals surface area contributed by atoms with Crippen molar-refractivity contribution in [1.82, 2.24) is 5.32 Å². The first-order valence-electron chi connectivity index (χ1n) is 5.32. The molecule has 3 nitrogen and oxygen atoms in total. The molecular weight excluding hydrogens is 166 g/mol. The van der Waals surface area contributed by atoms with Gasteiger partial charge >= 0.3 is 0 Å². The van der Waals surface area contributed by atoms with E-state index < -0.39 is 0 Å². The largest absolute Gasteiger partial charge is 0.394 e. The molecule has 13 heavy (non-hydrogen) atoms. The van der Waals surface area contributed by atoms with Crippen LogP contribution in [0.3, 0.4) is 0 Å². The van der Waals surface area contributed by atoms with Crippen LogP contribution < -0.4 is 5.32 Å². The molecule has 0 bridgehead atoms. The summed E-state index contributed by atoms with van der Waals surface area (Å²) in [7, 11) is 0. The van der Waals surface area contributed by atoms with Crippen molar-refractivity contribution in [2.75, 3.05) is 19.8 Å². The van der Waals surface area contributed by atoms with Gasteiger partial charge in [-0.25, -0.2) is 0 Å². The second kappa shape index (κ2) is 3.95. The van der Waals surface area contributed by atoms with E-state index in [9.17, 15) is 0 Å². The summed E-state index contributed by atoms with van der Waals surface area (Å²) in [5, 5.41) is 12.5. The smallest absolute Gasteiger partial charge is 0.0699 e. The lowest BCUT2D eigenvalue weighted by molar-refractivity contribution is 0.0134. The molecule has 2 N–H and O–H groups in total. The lowest BCUT2D eigenvalue weighted by Crippen LogP contribution is -2.41. The van der Waals surface area contributed by atoms with Crippen LogP contribution in [0.1, 0.15) is 32.1 Å². The monoisotopic (exact) mass is 185 g/mol. The van der Waals surface area contributed by atoms with Crippen molar-refractivity contribution >= 4 is 0 Å². The highest BCUT2D eigenvalue weighted by atomic mass is 16.5. The van der Waals surface area contributed by atoms with Gasteiger partial charge in [0.05, 0.1) is 12.7 Å². The molecule has 2 fully saturated rings. The Morgan fingerprint density at radius 3 is 2.77 bits per heavy atom. The van der Waals surface area contributed by atoms with E-state index in [0.717, 1.165) is 26.0 Å². The molecule has 1 aliphatic carbocycles. The van der Waals surface area contributed by atoms with Crippen molar-refractivity contribution in [3.05, 3.63) is 0 Å². The highest BCUT2D eigenvalue weighted by molar-refractivity contribution is 5.01. The molecule has 2 aliphatic rings. The molecule has 0 aromatic carbocycles. The third kappa shape index (κ3) is 2.42. The third-order valence-electron chi connectivity index (χ3n) is 3.13. The summed E-state index contributed by atoms with van der Waals surface area (Å²) >= 11 is 0. The van der Waals surface area contributed by atoms with Gasteiger partial charge in [0.25, 0.3) is 0 Å². The Hall–Kier alpha value is -0.120.